The standard InChI is InChI=1S/C26H30N10O/c1-5-6-9-20-16-35(24-28-17-29-36(24)26(2,3)4)25(37)34(20)15-19-13-12-18(14-27-19)21-10-7-8-11-22(21)23-30-32-33-31-23/h7-8,10-14,16-17H,5-6,9,15H2,1-4H3,(H,30,31,32,33). The zero-order valence-electron chi connectivity index (χ0n) is 21.5. The van der Waals surface area contributed by atoms with E-state index in [4.69, 9.17) is 4.98 Å². The number of unbranched alkanes of at least 4 members (excludes halogenated alkanes) is 1. The van der Waals surface area contributed by atoms with Gasteiger partial charge in [-0.3, -0.25) is 9.55 Å². The zero-order chi connectivity index (χ0) is 26.0. The van der Waals surface area contributed by atoms with Crippen LogP contribution in [0.3, 0.4) is 0 Å². The molecule has 0 radical (unpaired) electrons. The molecule has 0 aliphatic heterocycles. The Bertz CT molecular complexity index is 1540. The van der Waals surface area contributed by atoms with Crippen molar-refractivity contribution < 1.29 is 0 Å². The number of benzene rings is 1. The second-order valence-electron chi connectivity index (χ2n) is 9.92. The molecule has 0 spiro atoms. The number of hydrogen-bond donors (Lipinski definition) is 1. The Hall–Kier alpha value is -4.41. The number of imidazole rings is 1. The number of tetrazole rings is 1. The van der Waals surface area contributed by atoms with Gasteiger partial charge in [-0.05, 0) is 50.5 Å². The molecule has 11 heteroatoms. The van der Waals surface area contributed by atoms with Crippen LogP contribution in [0.5, 0.6) is 0 Å². The van der Waals surface area contributed by atoms with Crippen molar-refractivity contribution in [3.63, 3.8) is 0 Å². The van der Waals surface area contributed by atoms with E-state index in [1.807, 2.05) is 69.6 Å². The fourth-order valence-corrected chi connectivity index (χ4v) is 4.31. The Kier molecular flexibility index (Phi) is 6.51. The van der Waals surface area contributed by atoms with Crippen molar-refractivity contribution in [2.75, 3.05) is 0 Å². The Morgan fingerprint density at radius 2 is 1.84 bits per heavy atom. The molecule has 0 aliphatic rings. The summed E-state index contributed by atoms with van der Waals surface area (Å²) in [5.74, 6) is 1.03. The van der Waals surface area contributed by atoms with Gasteiger partial charge in [-0.15, -0.1) is 10.2 Å². The zero-order valence-corrected chi connectivity index (χ0v) is 21.5. The minimum Gasteiger partial charge on any atom is -0.290 e. The normalized spacial score (nSPS) is 11.8. The highest BCUT2D eigenvalue weighted by Crippen LogP contribution is 2.29. The van der Waals surface area contributed by atoms with E-state index in [0.717, 1.165) is 47.3 Å². The van der Waals surface area contributed by atoms with Crippen molar-refractivity contribution >= 4 is 0 Å². The molecular weight excluding hydrogens is 468 g/mol. The van der Waals surface area contributed by atoms with Crippen LogP contribution in [0.15, 0.2) is 59.9 Å². The maximum absolute atomic E-state index is 13.6. The quantitative estimate of drug-likeness (QED) is 0.346. The third-order valence-corrected chi connectivity index (χ3v) is 6.20. The number of hydrogen-bond acceptors (Lipinski definition) is 7. The van der Waals surface area contributed by atoms with Crippen molar-refractivity contribution in [2.45, 2.75) is 59.0 Å². The van der Waals surface area contributed by atoms with E-state index < -0.39 is 0 Å². The molecule has 11 nitrogen and oxygen atoms in total. The number of aromatic nitrogens is 10. The van der Waals surface area contributed by atoms with Crippen LogP contribution in [0, 0.1) is 0 Å². The van der Waals surface area contributed by atoms with Crippen LogP contribution in [0.4, 0.5) is 0 Å². The monoisotopic (exact) mass is 498 g/mol. The predicted octanol–water partition coefficient (Wildman–Crippen LogP) is 3.62. The lowest BCUT2D eigenvalue weighted by Crippen LogP contribution is -2.31. The molecule has 0 saturated heterocycles. The third kappa shape index (κ3) is 4.84. The number of aromatic amines is 1. The van der Waals surface area contributed by atoms with Gasteiger partial charge in [0, 0.05) is 29.2 Å². The molecule has 190 valence electrons. The van der Waals surface area contributed by atoms with Crippen molar-refractivity contribution in [3.05, 3.63) is 77.0 Å². The minimum absolute atomic E-state index is 0.155. The number of aryl methyl sites for hydroxylation is 1. The summed E-state index contributed by atoms with van der Waals surface area (Å²) in [6.07, 6.45) is 8.00. The average molecular weight is 499 g/mol. The number of pyridine rings is 1. The molecule has 5 rings (SSSR count). The van der Waals surface area contributed by atoms with Gasteiger partial charge in [0.1, 0.15) is 6.33 Å². The van der Waals surface area contributed by atoms with Gasteiger partial charge >= 0.3 is 5.69 Å². The average Bonchev–Trinajstić information content (AvgIpc) is 3.65. The fraction of sp³-hybridized carbons (Fsp3) is 0.346. The summed E-state index contributed by atoms with van der Waals surface area (Å²) < 4.78 is 5.15. The molecule has 0 unspecified atom stereocenters. The Balaban J connectivity index is 1.48. The smallest absolute Gasteiger partial charge is 0.290 e. The molecule has 1 aromatic carbocycles. The molecular formula is C26H30N10O. The summed E-state index contributed by atoms with van der Waals surface area (Å²) in [5.41, 5.74) is 4.02. The largest absolute Gasteiger partial charge is 0.335 e. The van der Waals surface area contributed by atoms with Gasteiger partial charge < -0.3 is 0 Å². The van der Waals surface area contributed by atoms with E-state index in [-0.39, 0.29) is 11.2 Å². The van der Waals surface area contributed by atoms with Gasteiger partial charge in [0.15, 0.2) is 0 Å². The first-order valence-electron chi connectivity index (χ1n) is 12.4. The molecule has 0 amide bonds. The van der Waals surface area contributed by atoms with Crippen LogP contribution in [0.25, 0.3) is 28.5 Å². The molecule has 0 saturated carbocycles. The second-order valence-corrected chi connectivity index (χ2v) is 9.92. The lowest BCUT2D eigenvalue weighted by Gasteiger charge is -2.20. The van der Waals surface area contributed by atoms with Crippen LogP contribution >= 0.6 is 0 Å². The molecule has 0 bridgehead atoms. The Morgan fingerprint density at radius 3 is 2.51 bits per heavy atom. The molecule has 37 heavy (non-hydrogen) atoms. The first kappa shape index (κ1) is 24.3. The molecule has 5 aromatic rings. The number of nitrogens with zero attached hydrogens (tertiary/aromatic N) is 9. The highest BCUT2D eigenvalue weighted by molar-refractivity contribution is 5.79. The van der Waals surface area contributed by atoms with Gasteiger partial charge in [-0.2, -0.15) is 15.3 Å². The van der Waals surface area contributed by atoms with Crippen LogP contribution in [-0.4, -0.2) is 49.5 Å². The number of H-pyrrole nitrogens is 1. The second kappa shape index (κ2) is 9.92. The summed E-state index contributed by atoms with van der Waals surface area (Å²) in [4.78, 5) is 22.7. The van der Waals surface area contributed by atoms with E-state index in [9.17, 15) is 4.79 Å². The molecule has 0 aliphatic carbocycles. The summed E-state index contributed by atoms with van der Waals surface area (Å²) in [6.45, 7) is 8.61. The molecule has 0 atom stereocenters. The molecule has 4 heterocycles. The van der Waals surface area contributed by atoms with E-state index in [1.165, 1.54) is 6.33 Å². The summed E-state index contributed by atoms with van der Waals surface area (Å²) in [7, 11) is 0. The first-order chi connectivity index (χ1) is 17.9. The van der Waals surface area contributed by atoms with Gasteiger partial charge in [0.25, 0.3) is 0 Å². The molecule has 1 N–H and O–H groups in total. The minimum atomic E-state index is -0.313. The SMILES string of the molecule is CCCCc1cn(-c2ncnn2C(C)(C)C)c(=O)n1Cc1ccc(-c2ccccc2-c2nn[nH]n2)cn1. The fourth-order valence-electron chi connectivity index (χ4n) is 4.31. The van der Waals surface area contributed by atoms with Crippen molar-refractivity contribution in [1.29, 1.82) is 0 Å². The molecule has 0 fully saturated rings. The number of rotatable bonds is 8. The van der Waals surface area contributed by atoms with Crippen molar-refractivity contribution in [3.8, 4) is 28.5 Å². The third-order valence-electron chi connectivity index (χ3n) is 6.20. The highest BCUT2D eigenvalue weighted by Gasteiger charge is 2.23. The number of nitrogens with one attached hydrogen (secondary N) is 1. The summed E-state index contributed by atoms with van der Waals surface area (Å²) >= 11 is 0. The Morgan fingerprint density at radius 1 is 1.03 bits per heavy atom. The van der Waals surface area contributed by atoms with Crippen LogP contribution in [-0.2, 0) is 18.5 Å². The van der Waals surface area contributed by atoms with Gasteiger partial charge in [-0.25, -0.2) is 14.0 Å². The highest BCUT2D eigenvalue weighted by atomic mass is 16.2. The van der Waals surface area contributed by atoms with Crippen LogP contribution < -0.4 is 5.69 Å². The van der Waals surface area contributed by atoms with E-state index in [2.05, 4.69) is 37.6 Å². The van der Waals surface area contributed by atoms with E-state index in [1.54, 1.807) is 13.8 Å². The summed E-state index contributed by atoms with van der Waals surface area (Å²) in [6, 6.07) is 11.8. The van der Waals surface area contributed by atoms with Crippen LogP contribution in [0.2, 0.25) is 0 Å². The lowest BCUT2D eigenvalue weighted by molar-refractivity contribution is 0.349. The molecule has 4 aromatic heterocycles. The summed E-state index contributed by atoms with van der Waals surface area (Å²) in [5, 5.41) is 18.8. The van der Waals surface area contributed by atoms with Crippen molar-refractivity contribution in [1.82, 2.24) is 49.5 Å². The first-order valence-corrected chi connectivity index (χ1v) is 12.4. The van der Waals surface area contributed by atoms with Gasteiger partial charge in [-0.1, -0.05) is 43.7 Å². The van der Waals surface area contributed by atoms with Gasteiger partial charge in [0.05, 0.1) is 17.8 Å². The maximum Gasteiger partial charge on any atom is 0.335 e. The van der Waals surface area contributed by atoms with E-state index >= 15 is 0 Å². The van der Waals surface area contributed by atoms with Crippen molar-refractivity contribution in [2.24, 2.45) is 0 Å². The Labute approximate surface area is 214 Å². The topological polar surface area (TPSA) is 125 Å². The lowest BCUT2D eigenvalue weighted by atomic mass is 10.0. The van der Waals surface area contributed by atoms with Gasteiger partial charge in [0.2, 0.25) is 11.8 Å². The maximum atomic E-state index is 13.6. The van der Waals surface area contributed by atoms with Crippen LogP contribution in [0.1, 0.15) is 51.9 Å². The predicted molar refractivity (Wildman–Crippen MR) is 139 cm³/mol. The van der Waals surface area contributed by atoms with E-state index in [0.29, 0.717) is 18.3 Å².